The zero-order valence-corrected chi connectivity index (χ0v) is 48.7. The summed E-state index contributed by atoms with van der Waals surface area (Å²) in [6, 6.07) is 0. The largest absolute Gasteiger partial charge is 0.462 e. The van der Waals surface area contributed by atoms with E-state index in [0.29, 0.717) is 19.3 Å². The topological polar surface area (TPSA) is 78.9 Å². The van der Waals surface area contributed by atoms with Gasteiger partial charge in [0.05, 0.1) is 6.42 Å². The highest BCUT2D eigenvalue weighted by atomic mass is 16.6. The van der Waals surface area contributed by atoms with Crippen molar-refractivity contribution in [1.82, 2.24) is 0 Å². The van der Waals surface area contributed by atoms with Crippen molar-refractivity contribution in [2.75, 3.05) is 13.2 Å². The quantitative estimate of drug-likeness (QED) is 0.0261. The Morgan fingerprint density at radius 3 is 0.868 bits per heavy atom. The summed E-state index contributed by atoms with van der Waals surface area (Å²) in [5.74, 6) is -1.08. The van der Waals surface area contributed by atoms with Crippen molar-refractivity contribution in [3.8, 4) is 0 Å². The molecular weight excluding hydrogens is 937 g/mol. The molecule has 0 aromatic rings. The predicted octanol–water partition coefficient (Wildman–Crippen LogP) is 20.9. The first kappa shape index (κ1) is 71.0. The van der Waals surface area contributed by atoms with Gasteiger partial charge in [0.25, 0.3) is 0 Å². The molecule has 0 aliphatic carbocycles. The minimum Gasteiger partial charge on any atom is -0.462 e. The van der Waals surface area contributed by atoms with Crippen LogP contribution in [0.2, 0.25) is 0 Å². The van der Waals surface area contributed by atoms with Gasteiger partial charge in [-0.25, -0.2) is 0 Å². The molecule has 426 valence electrons. The number of allylic oxidation sites excluding steroid dienone is 25. The van der Waals surface area contributed by atoms with Gasteiger partial charge >= 0.3 is 17.9 Å². The fraction of sp³-hybridized carbons (Fsp3) is 0.586. The fourth-order valence-corrected chi connectivity index (χ4v) is 7.77. The molecule has 0 saturated heterocycles. The maximum Gasteiger partial charge on any atom is 0.310 e. The molecule has 0 heterocycles. The molecule has 6 nitrogen and oxygen atoms in total. The molecule has 1 unspecified atom stereocenters. The Kier molecular flexibility index (Phi) is 58.5. The van der Waals surface area contributed by atoms with E-state index in [0.717, 1.165) is 135 Å². The second-order valence-electron chi connectivity index (χ2n) is 19.5. The van der Waals surface area contributed by atoms with Crippen LogP contribution in [0, 0.1) is 0 Å². The molecule has 6 heteroatoms. The van der Waals surface area contributed by atoms with E-state index in [-0.39, 0.29) is 31.6 Å². The highest BCUT2D eigenvalue weighted by molar-refractivity contribution is 5.72. The molecule has 0 rings (SSSR count). The molecule has 0 aromatic heterocycles. The van der Waals surface area contributed by atoms with Crippen molar-refractivity contribution in [1.29, 1.82) is 0 Å². The van der Waals surface area contributed by atoms with Gasteiger partial charge in [-0.3, -0.25) is 14.4 Å². The number of hydrogen-bond donors (Lipinski definition) is 0. The lowest BCUT2D eigenvalue weighted by Gasteiger charge is -2.18. The van der Waals surface area contributed by atoms with E-state index in [9.17, 15) is 14.4 Å². The lowest BCUT2D eigenvalue weighted by molar-refractivity contribution is -0.166. The smallest absolute Gasteiger partial charge is 0.310 e. The van der Waals surface area contributed by atoms with Crippen LogP contribution in [0.3, 0.4) is 0 Å². The third kappa shape index (κ3) is 59.9. The van der Waals surface area contributed by atoms with E-state index in [1.807, 2.05) is 6.08 Å². The molecule has 0 radical (unpaired) electrons. The van der Waals surface area contributed by atoms with Crippen LogP contribution in [0.4, 0.5) is 0 Å². The average Bonchev–Trinajstić information content (AvgIpc) is 3.42. The summed E-state index contributed by atoms with van der Waals surface area (Å²) in [4.78, 5) is 38.1. The minimum absolute atomic E-state index is 0.0862. The molecule has 0 amide bonds. The van der Waals surface area contributed by atoms with Crippen molar-refractivity contribution < 1.29 is 28.6 Å². The van der Waals surface area contributed by atoms with Crippen LogP contribution >= 0.6 is 0 Å². The number of hydrogen-bond acceptors (Lipinski definition) is 6. The van der Waals surface area contributed by atoms with Gasteiger partial charge in [0.15, 0.2) is 6.10 Å². The molecule has 76 heavy (non-hydrogen) atoms. The van der Waals surface area contributed by atoms with Gasteiger partial charge in [-0.1, -0.05) is 262 Å². The van der Waals surface area contributed by atoms with E-state index < -0.39 is 12.1 Å². The zero-order valence-electron chi connectivity index (χ0n) is 48.7. The Bertz CT molecular complexity index is 1720. The minimum atomic E-state index is -0.848. The second-order valence-corrected chi connectivity index (χ2v) is 19.5. The zero-order chi connectivity index (χ0) is 55.0. The first-order chi connectivity index (χ1) is 37.5. The van der Waals surface area contributed by atoms with Gasteiger partial charge in [-0.05, 0) is 122 Å². The molecule has 0 aliphatic heterocycles. The number of rotatable bonds is 53. The van der Waals surface area contributed by atoms with Gasteiger partial charge in [0, 0.05) is 12.8 Å². The summed E-state index contributed by atoms with van der Waals surface area (Å²) in [5.41, 5.74) is 0. The fourth-order valence-electron chi connectivity index (χ4n) is 7.77. The van der Waals surface area contributed by atoms with Crippen LogP contribution in [0.15, 0.2) is 158 Å². The summed E-state index contributed by atoms with van der Waals surface area (Å²) >= 11 is 0. The first-order valence-corrected chi connectivity index (χ1v) is 30.5. The van der Waals surface area contributed by atoms with Crippen LogP contribution in [0.5, 0.6) is 0 Å². The number of unbranched alkanes of at least 4 members (excludes halogenated alkanes) is 17. The van der Waals surface area contributed by atoms with Gasteiger partial charge in [-0.15, -0.1) is 0 Å². The van der Waals surface area contributed by atoms with E-state index in [4.69, 9.17) is 14.2 Å². The SMILES string of the molecule is CC/C=C\C/C=C\C/C=C\C/C=C\C/C=C\C/C=C\CCCCCCCCCCCCC(=O)OCC(COC(=O)CCCCCCC/C=C\C/C=C\CCCC)OC(=O)C/C=C\C/C=C\C/C=C\C/C=C\C/C=C\CC. The lowest BCUT2D eigenvalue weighted by Crippen LogP contribution is -2.30. The van der Waals surface area contributed by atoms with Crippen molar-refractivity contribution in [3.63, 3.8) is 0 Å². The first-order valence-electron chi connectivity index (χ1n) is 30.5. The van der Waals surface area contributed by atoms with E-state index >= 15 is 0 Å². The van der Waals surface area contributed by atoms with Gasteiger partial charge in [0.2, 0.25) is 0 Å². The monoisotopic (exact) mass is 1050 g/mol. The highest BCUT2D eigenvalue weighted by Gasteiger charge is 2.19. The number of carbonyl (C=O) groups is 3. The normalized spacial score (nSPS) is 13.2. The number of ether oxygens (including phenoxy) is 3. The predicted molar refractivity (Wildman–Crippen MR) is 329 cm³/mol. The van der Waals surface area contributed by atoms with Crippen molar-refractivity contribution in [2.45, 2.75) is 252 Å². The van der Waals surface area contributed by atoms with Crippen LogP contribution in [0.25, 0.3) is 0 Å². The standard InChI is InChI=1S/C70H110O6/c1-4-7-10-13-16-19-22-25-28-29-30-31-32-33-34-35-36-37-38-39-40-41-43-45-48-51-54-57-60-63-69(72)75-66-67(65-74-68(71)62-59-56-53-50-47-44-27-24-21-18-15-12-9-6-3)76-70(73)64-61-58-55-52-49-46-42-26-23-20-17-14-11-8-5-2/h7-8,10-11,15-20,24-28,30-31,33-34,36-37,42,49,52,58,61,67H,4-6,9,12-14,21-23,29,32,35,38-41,43-48,50-51,53-57,59-60,62-66H2,1-3H3/b10-7-,11-8-,18-15-,19-16-,20-17-,27-24-,28-25-,31-30-,34-33-,37-36-,42-26-,52-49-,61-58-. The van der Waals surface area contributed by atoms with Crippen LogP contribution in [-0.4, -0.2) is 37.2 Å². The number of carbonyl (C=O) groups excluding carboxylic acids is 3. The molecule has 0 bridgehead atoms. The Morgan fingerprint density at radius 2 is 0.553 bits per heavy atom. The second kappa shape index (κ2) is 62.6. The Hall–Kier alpha value is -4.97. The molecular formula is C70H110O6. The molecule has 0 aromatic carbocycles. The van der Waals surface area contributed by atoms with E-state index in [1.54, 1.807) is 6.08 Å². The molecule has 1 atom stereocenters. The van der Waals surface area contributed by atoms with Crippen LogP contribution < -0.4 is 0 Å². The average molecular weight is 1050 g/mol. The number of esters is 3. The maximum absolute atomic E-state index is 12.8. The van der Waals surface area contributed by atoms with Crippen molar-refractivity contribution >= 4 is 17.9 Å². The third-order valence-corrected chi connectivity index (χ3v) is 12.3. The van der Waals surface area contributed by atoms with Gasteiger partial charge in [0.1, 0.15) is 13.2 Å². The third-order valence-electron chi connectivity index (χ3n) is 12.3. The highest BCUT2D eigenvalue weighted by Crippen LogP contribution is 2.14. The summed E-state index contributed by atoms with van der Waals surface area (Å²) in [6.45, 7) is 6.26. The molecule has 0 aliphatic rings. The maximum atomic E-state index is 12.8. The van der Waals surface area contributed by atoms with E-state index in [1.165, 1.54) is 64.2 Å². The molecule has 0 fully saturated rings. The van der Waals surface area contributed by atoms with Crippen LogP contribution in [-0.2, 0) is 28.6 Å². The Morgan fingerprint density at radius 1 is 0.289 bits per heavy atom. The summed E-state index contributed by atoms with van der Waals surface area (Å²) in [6.07, 6.45) is 91.3. The van der Waals surface area contributed by atoms with Crippen molar-refractivity contribution in [3.05, 3.63) is 158 Å². The van der Waals surface area contributed by atoms with Gasteiger partial charge < -0.3 is 14.2 Å². The Balaban J connectivity index is 4.39. The van der Waals surface area contributed by atoms with E-state index in [2.05, 4.69) is 167 Å². The molecule has 0 N–H and O–H groups in total. The van der Waals surface area contributed by atoms with Crippen LogP contribution in [0.1, 0.15) is 245 Å². The molecule has 0 spiro atoms. The van der Waals surface area contributed by atoms with Crippen molar-refractivity contribution in [2.24, 2.45) is 0 Å². The Labute approximate surface area is 467 Å². The summed E-state index contributed by atoms with van der Waals surface area (Å²) < 4.78 is 16.7. The molecule has 0 saturated carbocycles. The summed E-state index contributed by atoms with van der Waals surface area (Å²) in [7, 11) is 0. The lowest BCUT2D eigenvalue weighted by atomic mass is 10.1. The van der Waals surface area contributed by atoms with Gasteiger partial charge in [-0.2, -0.15) is 0 Å². The summed E-state index contributed by atoms with van der Waals surface area (Å²) in [5, 5.41) is 0.